The van der Waals surface area contributed by atoms with Crippen LogP contribution in [0.25, 0.3) is 0 Å². The summed E-state index contributed by atoms with van der Waals surface area (Å²) in [5.74, 6) is 0. The molecule has 0 aromatic rings. The predicted molar refractivity (Wildman–Crippen MR) is 73.9 cm³/mol. The molecule has 1 saturated heterocycles. The van der Waals surface area contributed by atoms with Crippen LogP contribution in [0.3, 0.4) is 0 Å². The molecule has 0 aromatic heterocycles. The van der Waals surface area contributed by atoms with Crippen molar-refractivity contribution in [3.8, 4) is 0 Å². The summed E-state index contributed by atoms with van der Waals surface area (Å²) in [6.45, 7) is 5.99. The number of rotatable bonds is 2. The molecule has 6 nitrogen and oxygen atoms in total. The number of carbonyl (C=O) groups is 1. The lowest BCUT2D eigenvalue weighted by Crippen LogP contribution is -2.51. The number of carbonyl (C=O) groups excluding carboxylic acids is 1. The lowest BCUT2D eigenvalue weighted by molar-refractivity contribution is -0.00870. The zero-order valence-corrected chi connectivity index (χ0v) is 13.3. The number of piperidine rings is 1. The average Bonchev–Trinajstić information content (AvgIpc) is 2.92. The molecule has 7 heteroatoms. The largest absolute Gasteiger partial charge is 0.444 e. The van der Waals surface area contributed by atoms with E-state index in [4.69, 9.17) is 8.92 Å². The van der Waals surface area contributed by atoms with Gasteiger partial charge in [0.15, 0.2) is 0 Å². The maximum Gasteiger partial charge on any atom is 0.410 e. The summed E-state index contributed by atoms with van der Waals surface area (Å²) in [4.78, 5) is 14.0. The molecule has 1 aliphatic heterocycles. The van der Waals surface area contributed by atoms with Crippen molar-refractivity contribution in [1.29, 1.82) is 0 Å². The highest BCUT2D eigenvalue weighted by atomic mass is 32.2. The SMILES string of the molecule is CC(C)(C)OC(=O)N1CCC(OS(C)(=O)=O)CC12CC2. The molecule has 2 fully saturated rings. The fourth-order valence-corrected chi connectivity index (χ4v) is 3.35. The molecule has 0 radical (unpaired) electrons. The maximum atomic E-state index is 12.2. The minimum absolute atomic E-state index is 0.254. The molecule has 1 amide bonds. The van der Waals surface area contributed by atoms with Crippen LogP contribution in [-0.4, -0.2) is 49.5 Å². The summed E-state index contributed by atoms with van der Waals surface area (Å²) in [5.41, 5.74) is -0.775. The van der Waals surface area contributed by atoms with Gasteiger partial charge in [-0.1, -0.05) is 0 Å². The van der Waals surface area contributed by atoms with Crippen LogP contribution < -0.4 is 0 Å². The Balaban J connectivity index is 2.01. The zero-order chi connectivity index (χ0) is 15.2. The molecule has 0 aromatic carbocycles. The van der Waals surface area contributed by atoms with Gasteiger partial charge in [0.05, 0.1) is 12.4 Å². The van der Waals surface area contributed by atoms with Gasteiger partial charge in [-0.15, -0.1) is 0 Å². The Bertz CT molecular complexity index is 489. The Kier molecular flexibility index (Phi) is 3.79. The van der Waals surface area contributed by atoms with Gasteiger partial charge in [-0.3, -0.25) is 4.18 Å². The van der Waals surface area contributed by atoms with Crippen LogP contribution in [0.5, 0.6) is 0 Å². The number of ether oxygens (including phenoxy) is 1. The van der Waals surface area contributed by atoms with Crippen LogP contribution in [0.15, 0.2) is 0 Å². The lowest BCUT2D eigenvalue weighted by Gasteiger charge is -2.40. The molecular weight excluding hydrogens is 282 g/mol. The summed E-state index contributed by atoms with van der Waals surface area (Å²) in [7, 11) is -3.45. The van der Waals surface area contributed by atoms with E-state index in [0.717, 1.165) is 19.1 Å². The molecular formula is C13H23NO5S. The normalized spacial score (nSPS) is 25.6. The smallest absolute Gasteiger partial charge is 0.410 e. The van der Waals surface area contributed by atoms with Gasteiger partial charge in [-0.05, 0) is 46.5 Å². The molecule has 1 atom stereocenters. The Morgan fingerprint density at radius 3 is 2.35 bits per heavy atom. The van der Waals surface area contributed by atoms with Gasteiger partial charge in [-0.2, -0.15) is 8.42 Å². The number of hydrogen-bond acceptors (Lipinski definition) is 5. The summed E-state index contributed by atoms with van der Waals surface area (Å²) >= 11 is 0. The van der Waals surface area contributed by atoms with Crippen LogP contribution >= 0.6 is 0 Å². The van der Waals surface area contributed by atoms with E-state index in [-0.39, 0.29) is 17.7 Å². The fourth-order valence-electron chi connectivity index (χ4n) is 2.70. The van der Waals surface area contributed by atoms with E-state index < -0.39 is 15.7 Å². The Morgan fingerprint density at radius 2 is 1.90 bits per heavy atom. The summed E-state index contributed by atoms with van der Waals surface area (Å²) in [5, 5.41) is 0. The second kappa shape index (κ2) is 4.87. The van der Waals surface area contributed by atoms with E-state index in [0.29, 0.717) is 19.4 Å². The second-order valence-electron chi connectivity index (χ2n) is 6.77. The van der Waals surface area contributed by atoms with Crippen LogP contribution in [0.1, 0.15) is 46.5 Å². The molecule has 1 aliphatic carbocycles. The molecule has 0 N–H and O–H groups in total. The molecule has 116 valence electrons. The van der Waals surface area contributed by atoms with E-state index in [9.17, 15) is 13.2 Å². The van der Waals surface area contributed by atoms with Crippen molar-refractivity contribution in [3.05, 3.63) is 0 Å². The minimum Gasteiger partial charge on any atom is -0.444 e. The maximum absolute atomic E-state index is 12.2. The highest BCUT2D eigenvalue weighted by molar-refractivity contribution is 7.86. The van der Waals surface area contributed by atoms with Gasteiger partial charge in [0.2, 0.25) is 0 Å². The fraction of sp³-hybridized carbons (Fsp3) is 0.923. The Morgan fingerprint density at radius 1 is 1.30 bits per heavy atom. The molecule has 2 rings (SSSR count). The summed E-state index contributed by atoms with van der Waals surface area (Å²) < 4.78 is 32.9. The molecule has 20 heavy (non-hydrogen) atoms. The first-order valence-corrected chi connectivity index (χ1v) is 8.71. The number of nitrogens with zero attached hydrogens (tertiary/aromatic N) is 1. The molecule has 0 bridgehead atoms. The van der Waals surface area contributed by atoms with Gasteiger partial charge in [0.25, 0.3) is 10.1 Å². The third-order valence-electron chi connectivity index (χ3n) is 3.61. The van der Waals surface area contributed by atoms with Gasteiger partial charge >= 0.3 is 6.09 Å². The van der Waals surface area contributed by atoms with Gasteiger partial charge in [0.1, 0.15) is 5.60 Å². The van der Waals surface area contributed by atoms with Crippen LogP contribution in [0, 0.1) is 0 Å². The lowest BCUT2D eigenvalue weighted by atomic mass is 9.98. The molecule has 1 spiro atoms. The standard InChI is InChI=1S/C13H23NO5S/c1-12(2,3)18-11(15)14-8-5-10(19-20(4,16)17)9-13(14)6-7-13/h10H,5-9H2,1-4H3. The van der Waals surface area contributed by atoms with Crippen molar-refractivity contribution in [2.45, 2.75) is 63.7 Å². The van der Waals surface area contributed by atoms with Gasteiger partial charge in [0, 0.05) is 12.1 Å². The molecule has 1 saturated carbocycles. The monoisotopic (exact) mass is 305 g/mol. The van der Waals surface area contributed by atoms with Crippen LogP contribution in [0.2, 0.25) is 0 Å². The van der Waals surface area contributed by atoms with E-state index in [2.05, 4.69) is 0 Å². The quantitative estimate of drug-likeness (QED) is 0.728. The van der Waals surface area contributed by atoms with Crippen molar-refractivity contribution in [1.82, 2.24) is 4.90 Å². The van der Waals surface area contributed by atoms with Gasteiger partial charge in [-0.25, -0.2) is 4.79 Å². The first kappa shape index (κ1) is 15.6. The third kappa shape index (κ3) is 3.85. The van der Waals surface area contributed by atoms with Crippen molar-refractivity contribution < 1.29 is 22.1 Å². The Labute approximate surface area is 120 Å². The summed E-state index contributed by atoms with van der Waals surface area (Å²) in [6.07, 6.45) is 3.28. The van der Waals surface area contributed by atoms with E-state index in [1.165, 1.54) is 0 Å². The van der Waals surface area contributed by atoms with E-state index in [1.807, 2.05) is 20.8 Å². The average molecular weight is 305 g/mol. The topological polar surface area (TPSA) is 72.9 Å². The van der Waals surface area contributed by atoms with Crippen LogP contribution in [-0.2, 0) is 19.0 Å². The van der Waals surface area contributed by atoms with Crippen molar-refractivity contribution in [2.75, 3.05) is 12.8 Å². The molecule has 1 heterocycles. The molecule has 2 aliphatic rings. The Hall–Kier alpha value is -0.820. The first-order valence-electron chi connectivity index (χ1n) is 6.90. The highest BCUT2D eigenvalue weighted by Crippen LogP contribution is 2.49. The van der Waals surface area contributed by atoms with E-state index in [1.54, 1.807) is 4.90 Å². The minimum atomic E-state index is -3.45. The molecule has 1 unspecified atom stereocenters. The van der Waals surface area contributed by atoms with Gasteiger partial charge < -0.3 is 9.64 Å². The number of amides is 1. The predicted octanol–water partition coefficient (Wildman–Crippen LogP) is 1.89. The first-order chi connectivity index (χ1) is 9.01. The van der Waals surface area contributed by atoms with E-state index >= 15 is 0 Å². The second-order valence-corrected chi connectivity index (χ2v) is 8.37. The van der Waals surface area contributed by atoms with Crippen molar-refractivity contribution in [3.63, 3.8) is 0 Å². The highest BCUT2D eigenvalue weighted by Gasteiger charge is 2.55. The third-order valence-corrected chi connectivity index (χ3v) is 4.23. The summed E-state index contributed by atoms with van der Waals surface area (Å²) in [6, 6.07) is 0. The van der Waals surface area contributed by atoms with Crippen molar-refractivity contribution >= 4 is 16.2 Å². The zero-order valence-electron chi connectivity index (χ0n) is 12.5. The van der Waals surface area contributed by atoms with Crippen molar-refractivity contribution in [2.24, 2.45) is 0 Å². The van der Waals surface area contributed by atoms with Crippen LogP contribution in [0.4, 0.5) is 4.79 Å². The number of likely N-dealkylation sites (tertiary alicyclic amines) is 1. The number of hydrogen-bond donors (Lipinski definition) is 0.